The van der Waals surface area contributed by atoms with Gasteiger partial charge in [-0.05, 0) is 75.3 Å². The molecule has 0 unspecified atom stereocenters. The van der Waals surface area contributed by atoms with Crippen LogP contribution in [-0.2, 0) is 0 Å². The van der Waals surface area contributed by atoms with Gasteiger partial charge in [0, 0.05) is 23.0 Å². The molecule has 0 bridgehead atoms. The van der Waals surface area contributed by atoms with Gasteiger partial charge in [-0.15, -0.1) is 0 Å². The Kier molecular flexibility index (Phi) is 7.84. The number of rotatable bonds is 8. The lowest BCUT2D eigenvalue weighted by atomic mass is 9.85. The van der Waals surface area contributed by atoms with Crippen molar-refractivity contribution in [2.45, 2.75) is 5.92 Å². The van der Waals surface area contributed by atoms with E-state index in [-0.39, 0.29) is 5.92 Å². The van der Waals surface area contributed by atoms with Crippen LogP contribution in [0.2, 0.25) is 0 Å². The molecule has 1 heteroatoms. The standard InChI is InChI=1S/C43H33N/c1-5-13-33(14-6-1)35-21-27-40(28-22-35)44(41-29-23-36(24-30-41)34-15-7-2-8-16-34)42-31-25-39(26-32-42)43(37-17-9-3-10-18-37)38-19-11-4-12-20-38/h1-32,43H. The predicted octanol–water partition coefficient (Wildman–Crippen LogP) is 11.7. The highest BCUT2D eigenvalue weighted by Gasteiger charge is 2.18. The highest BCUT2D eigenvalue weighted by Crippen LogP contribution is 2.39. The summed E-state index contributed by atoms with van der Waals surface area (Å²) >= 11 is 0. The largest absolute Gasteiger partial charge is 0.311 e. The van der Waals surface area contributed by atoms with E-state index in [0.717, 1.165) is 17.1 Å². The summed E-state index contributed by atoms with van der Waals surface area (Å²) in [6.07, 6.45) is 0. The molecular weight excluding hydrogens is 530 g/mol. The van der Waals surface area contributed by atoms with Gasteiger partial charge in [-0.2, -0.15) is 0 Å². The van der Waals surface area contributed by atoms with Crippen molar-refractivity contribution in [3.63, 3.8) is 0 Å². The first-order chi connectivity index (χ1) is 21.8. The lowest BCUT2D eigenvalue weighted by Crippen LogP contribution is -2.10. The van der Waals surface area contributed by atoms with E-state index in [4.69, 9.17) is 0 Å². The lowest BCUT2D eigenvalue weighted by molar-refractivity contribution is 0.977. The summed E-state index contributed by atoms with van der Waals surface area (Å²) in [5.74, 6) is 0.162. The minimum atomic E-state index is 0.162. The maximum Gasteiger partial charge on any atom is 0.0462 e. The molecule has 7 aromatic carbocycles. The van der Waals surface area contributed by atoms with Crippen LogP contribution < -0.4 is 4.90 Å². The first-order valence-corrected chi connectivity index (χ1v) is 15.1. The van der Waals surface area contributed by atoms with Gasteiger partial charge < -0.3 is 4.90 Å². The fourth-order valence-electron chi connectivity index (χ4n) is 6.00. The molecule has 7 aromatic rings. The van der Waals surface area contributed by atoms with E-state index < -0.39 is 0 Å². The molecule has 0 aliphatic carbocycles. The van der Waals surface area contributed by atoms with Crippen LogP contribution in [0.15, 0.2) is 194 Å². The van der Waals surface area contributed by atoms with Crippen LogP contribution in [0, 0.1) is 0 Å². The van der Waals surface area contributed by atoms with Gasteiger partial charge in [-0.25, -0.2) is 0 Å². The van der Waals surface area contributed by atoms with Crippen LogP contribution in [0.1, 0.15) is 22.6 Å². The van der Waals surface area contributed by atoms with Gasteiger partial charge in [-0.3, -0.25) is 0 Å². The Hall–Kier alpha value is -5.66. The van der Waals surface area contributed by atoms with E-state index in [1.807, 2.05) is 0 Å². The van der Waals surface area contributed by atoms with Crippen LogP contribution in [0.5, 0.6) is 0 Å². The minimum absolute atomic E-state index is 0.162. The topological polar surface area (TPSA) is 3.24 Å². The average molecular weight is 564 g/mol. The van der Waals surface area contributed by atoms with Crippen LogP contribution in [0.4, 0.5) is 17.1 Å². The normalized spacial score (nSPS) is 10.9. The third-order valence-corrected chi connectivity index (χ3v) is 8.22. The quantitative estimate of drug-likeness (QED) is 0.166. The molecule has 1 nitrogen and oxygen atoms in total. The molecular formula is C43H33N. The molecule has 0 saturated carbocycles. The number of hydrogen-bond donors (Lipinski definition) is 0. The Balaban J connectivity index is 1.28. The zero-order valence-electron chi connectivity index (χ0n) is 24.5. The second kappa shape index (κ2) is 12.7. The SMILES string of the molecule is c1ccc(-c2ccc(N(c3ccc(-c4ccccc4)cc3)c3ccc(C(c4ccccc4)c4ccccc4)cc3)cc2)cc1. The van der Waals surface area contributed by atoms with E-state index in [1.165, 1.54) is 38.9 Å². The fourth-order valence-corrected chi connectivity index (χ4v) is 6.00. The lowest BCUT2D eigenvalue weighted by Gasteiger charge is -2.27. The third-order valence-electron chi connectivity index (χ3n) is 8.22. The van der Waals surface area contributed by atoms with Gasteiger partial charge in [0.25, 0.3) is 0 Å². The van der Waals surface area contributed by atoms with Crippen LogP contribution in [0.3, 0.4) is 0 Å². The molecule has 0 atom stereocenters. The van der Waals surface area contributed by atoms with Gasteiger partial charge in [0.2, 0.25) is 0 Å². The zero-order chi connectivity index (χ0) is 29.6. The molecule has 0 fully saturated rings. The molecule has 0 aromatic heterocycles. The monoisotopic (exact) mass is 563 g/mol. The first kappa shape index (κ1) is 27.2. The van der Waals surface area contributed by atoms with Crippen molar-refractivity contribution in [3.05, 3.63) is 211 Å². The van der Waals surface area contributed by atoms with Crippen LogP contribution in [-0.4, -0.2) is 0 Å². The molecule has 210 valence electrons. The molecule has 0 amide bonds. The van der Waals surface area contributed by atoms with Crippen molar-refractivity contribution in [2.75, 3.05) is 4.90 Å². The van der Waals surface area contributed by atoms with E-state index in [0.29, 0.717) is 0 Å². The van der Waals surface area contributed by atoms with Gasteiger partial charge in [0.05, 0.1) is 0 Å². The molecule has 0 saturated heterocycles. The van der Waals surface area contributed by atoms with Crippen LogP contribution >= 0.6 is 0 Å². The van der Waals surface area contributed by atoms with E-state index >= 15 is 0 Å². The first-order valence-electron chi connectivity index (χ1n) is 15.1. The molecule has 0 aliphatic rings. The molecule has 0 N–H and O–H groups in total. The van der Waals surface area contributed by atoms with Crippen molar-refractivity contribution < 1.29 is 0 Å². The molecule has 0 heterocycles. The summed E-state index contributed by atoms with van der Waals surface area (Å²) in [7, 11) is 0. The summed E-state index contributed by atoms with van der Waals surface area (Å²) in [6.45, 7) is 0. The number of anilines is 3. The van der Waals surface area contributed by atoms with Crippen molar-refractivity contribution in [3.8, 4) is 22.3 Å². The van der Waals surface area contributed by atoms with Crippen molar-refractivity contribution in [1.29, 1.82) is 0 Å². The van der Waals surface area contributed by atoms with Gasteiger partial charge in [-0.1, -0.05) is 158 Å². The van der Waals surface area contributed by atoms with Crippen LogP contribution in [0.25, 0.3) is 22.3 Å². The Morgan fingerprint density at radius 1 is 0.250 bits per heavy atom. The van der Waals surface area contributed by atoms with Crippen molar-refractivity contribution in [2.24, 2.45) is 0 Å². The summed E-state index contributed by atoms with van der Waals surface area (Å²) in [6, 6.07) is 69.4. The molecule has 7 rings (SSSR count). The number of benzene rings is 7. The minimum Gasteiger partial charge on any atom is -0.311 e. The third kappa shape index (κ3) is 5.82. The number of hydrogen-bond acceptors (Lipinski definition) is 1. The Morgan fingerprint density at radius 2 is 0.523 bits per heavy atom. The summed E-state index contributed by atoms with van der Waals surface area (Å²) in [5, 5.41) is 0. The summed E-state index contributed by atoms with van der Waals surface area (Å²) < 4.78 is 0. The number of nitrogens with zero attached hydrogens (tertiary/aromatic N) is 1. The molecule has 44 heavy (non-hydrogen) atoms. The van der Waals surface area contributed by atoms with E-state index in [2.05, 4.69) is 199 Å². The molecule has 0 spiro atoms. The molecule has 0 radical (unpaired) electrons. The zero-order valence-corrected chi connectivity index (χ0v) is 24.5. The second-order valence-corrected chi connectivity index (χ2v) is 11.0. The van der Waals surface area contributed by atoms with Gasteiger partial charge in [0.1, 0.15) is 0 Å². The van der Waals surface area contributed by atoms with E-state index in [1.54, 1.807) is 0 Å². The Labute approximate surface area is 260 Å². The van der Waals surface area contributed by atoms with Gasteiger partial charge in [0.15, 0.2) is 0 Å². The predicted molar refractivity (Wildman–Crippen MR) is 186 cm³/mol. The smallest absolute Gasteiger partial charge is 0.0462 e. The van der Waals surface area contributed by atoms with Crippen molar-refractivity contribution >= 4 is 17.1 Å². The molecule has 0 aliphatic heterocycles. The summed E-state index contributed by atoms with van der Waals surface area (Å²) in [4.78, 5) is 2.34. The Bertz CT molecular complexity index is 1770. The second-order valence-electron chi connectivity index (χ2n) is 11.0. The summed E-state index contributed by atoms with van der Waals surface area (Å²) in [5.41, 5.74) is 12.0. The highest BCUT2D eigenvalue weighted by atomic mass is 15.1. The average Bonchev–Trinajstić information content (AvgIpc) is 3.11. The fraction of sp³-hybridized carbons (Fsp3) is 0.0233. The van der Waals surface area contributed by atoms with Crippen molar-refractivity contribution in [1.82, 2.24) is 0 Å². The highest BCUT2D eigenvalue weighted by molar-refractivity contribution is 5.80. The van der Waals surface area contributed by atoms with Gasteiger partial charge >= 0.3 is 0 Å². The maximum atomic E-state index is 2.34. The maximum absolute atomic E-state index is 2.34. The Morgan fingerprint density at radius 3 is 0.886 bits per heavy atom. The van der Waals surface area contributed by atoms with E-state index in [9.17, 15) is 0 Å².